The molecule has 0 amide bonds. The Morgan fingerprint density at radius 2 is 2.26 bits per heavy atom. The van der Waals surface area contributed by atoms with Gasteiger partial charge in [0.05, 0.1) is 0 Å². The first kappa shape index (κ1) is 14.4. The molecule has 2 N–H and O–H groups in total. The SMILES string of the molecule is CCC1CCCCN1Cc1ccc(F)cc1C(N)=S. The second-order valence-electron chi connectivity index (χ2n) is 5.19. The molecule has 1 saturated heterocycles. The molecule has 2 rings (SSSR count). The summed E-state index contributed by atoms with van der Waals surface area (Å²) in [7, 11) is 0. The molecule has 1 heterocycles. The zero-order chi connectivity index (χ0) is 13.8. The molecule has 1 fully saturated rings. The normalized spacial score (nSPS) is 20.4. The second-order valence-corrected chi connectivity index (χ2v) is 5.63. The number of rotatable bonds is 4. The highest BCUT2D eigenvalue weighted by molar-refractivity contribution is 7.80. The summed E-state index contributed by atoms with van der Waals surface area (Å²) >= 11 is 5.03. The molecule has 0 radical (unpaired) electrons. The second kappa shape index (κ2) is 6.44. The molecular formula is C15H21FN2S. The Labute approximate surface area is 119 Å². The Balaban J connectivity index is 2.20. The lowest BCUT2D eigenvalue weighted by molar-refractivity contribution is 0.136. The highest BCUT2D eigenvalue weighted by Gasteiger charge is 2.21. The smallest absolute Gasteiger partial charge is 0.123 e. The number of hydrogen-bond donors (Lipinski definition) is 1. The van der Waals surface area contributed by atoms with Crippen molar-refractivity contribution >= 4 is 17.2 Å². The maximum Gasteiger partial charge on any atom is 0.123 e. The molecule has 1 aliphatic heterocycles. The van der Waals surface area contributed by atoms with Crippen LogP contribution in [0.25, 0.3) is 0 Å². The van der Waals surface area contributed by atoms with Gasteiger partial charge in [-0.05, 0) is 43.5 Å². The fourth-order valence-corrected chi connectivity index (χ4v) is 3.06. The van der Waals surface area contributed by atoms with E-state index in [-0.39, 0.29) is 10.8 Å². The van der Waals surface area contributed by atoms with E-state index in [1.165, 1.54) is 31.4 Å². The molecule has 0 bridgehead atoms. The molecule has 4 heteroatoms. The van der Waals surface area contributed by atoms with Crippen molar-refractivity contribution in [2.75, 3.05) is 6.54 Å². The number of nitrogens with two attached hydrogens (primary N) is 1. The van der Waals surface area contributed by atoms with Crippen LogP contribution >= 0.6 is 12.2 Å². The number of thiocarbonyl (C=S) groups is 1. The van der Waals surface area contributed by atoms with E-state index in [0.29, 0.717) is 11.6 Å². The van der Waals surface area contributed by atoms with Crippen molar-refractivity contribution in [1.82, 2.24) is 4.90 Å². The van der Waals surface area contributed by atoms with Crippen molar-refractivity contribution in [2.24, 2.45) is 5.73 Å². The minimum Gasteiger partial charge on any atom is -0.389 e. The van der Waals surface area contributed by atoms with Gasteiger partial charge in [0.25, 0.3) is 0 Å². The highest BCUT2D eigenvalue weighted by atomic mass is 32.1. The van der Waals surface area contributed by atoms with Crippen LogP contribution in [0.5, 0.6) is 0 Å². The number of likely N-dealkylation sites (tertiary alicyclic amines) is 1. The van der Waals surface area contributed by atoms with E-state index in [1.807, 2.05) is 6.07 Å². The standard InChI is InChI=1S/C15H21FN2S/c1-2-13-5-3-4-8-18(13)10-11-6-7-12(16)9-14(11)15(17)19/h6-7,9,13H,2-5,8,10H2,1H3,(H2,17,19). The largest absolute Gasteiger partial charge is 0.389 e. The lowest BCUT2D eigenvalue weighted by Gasteiger charge is -2.35. The van der Waals surface area contributed by atoms with Gasteiger partial charge in [0.2, 0.25) is 0 Å². The third-order valence-electron chi connectivity index (χ3n) is 3.93. The summed E-state index contributed by atoms with van der Waals surface area (Å²) in [5.74, 6) is -0.280. The van der Waals surface area contributed by atoms with Crippen molar-refractivity contribution in [3.05, 3.63) is 35.1 Å². The molecule has 0 aromatic heterocycles. The van der Waals surface area contributed by atoms with Crippen LogP contribution in [0.15, 0.2) is 18.2 Å². The maximum absolute atomic E-state index is 13.3. The molecule has 2 nitrogen and oxygen atoms in total. The molecule has 1 aliphatic rings. The van der Waals surface area contributed by atoms with E-state index in [4.69, 9.17) is 18.0 Å². The Morgan fingerprint density at radius 3 is 2.95 bits per heavy atom. The molecule has 1 atom stereocenters. The van der Waals surface area contributed by atoms with Crippen LogP contribution in [0, 0.1) is 5.82 Å². The van der Waals surface area contributed by atoms with E-state index in [1.54, 1.807) is 0 Å². The first-order valence-electron chi connectivity index (χ1n) is 6.94. The van der Waals surface area contributed by atoms with Gasteiger partial charge in [-0.2, -0.15) is 0 Å². The topological polar surface area (TPSA) is 29.3 Å². The Kier molecular flexibility index (Phi) is 4.88. The summed E-state index contributed by atoms with van der Waals surface area (Å²) in [6.45, 7) is 4.14. The molecular weight excluding hydrogens is 259 g/mol. The fourth-order valence-electron chi connectivity index (χ4n) is 2.87. The quantitative estimate of drug-likeness (QED) is 0.859. The predicted octanol–water partition coefficient (Wildman–Crippen LogP) is 3.22. The van der Waals surface area contributed by atoms with Crippen molar-refractivity contribution in [1.29, 1.82) is 0 Å². The zero-order valence-electron chi connectivity index (χ0n) is 11.4. The molecule has 1 unspecified atom stereocenters. The van der Waals surface area contributed by atoms with Crippen molar-refractivity contribution in [2.45, 2.75) is 45.2 Å². The third kappa shape index (κ3) is 3.51. The van der Waals surface area contributed by atoms with Crippen molar-refractivity contribution in [3.63, 3.8) is 0 Å². The van der Waals surface area contributed by atoms with Crippen LogP contribution < -0.4 is 5.73 Å². The van der Waals surface area contributed by atoms with Crippen LogP contribution in [0.2, 0.25) is 0 Å². The lowest BCUT2D eigenvalue weighted by Crippen LogP contribution is -2.38. The lowest BCUT2D eigenvalue weighted by atomic mass is 9.98. The number of benzene rings is 1. The summed E-state index contributed by atoms with van der Waals surface area (Å²) < 4.78 is 13.3. The van der Waals surface area contributed by atoms with E-state index in [0.717, 1.165) is 25.1 Å². The van der Waals surface area contributed by atoms with Gasteiger partial charge in [-0.3, -0.25) is 4.90 Å². The van der Waals surface area contributed by atoms with Crippen LogP contribution in [-0.4, -0.2) is 22.5 Å². The maximum atomic E-state index is 13.3. The van der Waals surface area contributed by atoms with Gasteiger partial charge in [-0.15, -0.1) is 0 Å². The number of nitrogens with zero attached hydrogens (tertiary/aromatic N) is 1. The number of piperidine rings is 1. The third-order valence-corrected chi connectivity index (χ3v) is 4.15. The van der Waals surface area contributed by atoms with Crippen LogP contribution in [0.4, 0.5) is 4.39 Å². The Morgan fingerprint density at radius 1 is 1.47 bits per heavy atom. The van der Waals surface area contributed by atoms with E-state index in [2.05, 4.69) is 11.8 Å². The summed E-state index contributed by atoms with van der Waals surface area (Å²) in [6, 6.07) is 5.37. The summed E-state index contributed by atoms with van der Waals surface area (Å²) in [6.07, 6.45) is 4.95. The summed E-state index contributed by atoms with van der Waals surface area (Å²) in [5.41, 5.74) is 7.41. The van der Waals surface area contributed by atoms with Gasteiger partial charge in [-0.1, -0.05) is 31.6 Å². The first-order valence-corrected chi connectivity index (χ1v) is 7.35. The molecule has 0 saturated carbocycles. The molecule has 19 heavy (non-hydrogen) atoms. The van der Waals surface area contributed by atoms with E-state index in [9.17, 15) is 4.39 Å². The van der Waals surface area contributed by atoms with E-state index >= 15 is 0 Å². The van der Waals surface area contributed by atoms with Gasteiger partial charge in [-0.25, -0.2) is 4.39 Å². The van der Waals surface area contributed by atoms with Crippen LogP contribution in [0.1, 0.15) is 43.7 Å². The minimum atomic E-state index is -0.280. The fraction of sp³-hybridized carbons (Fsp3) is 0.533. The zero-order valence-corrected chi connectivity index (χ0v) is 12.2. The monoisotopic (exact) mass is 280 g/mol. The van der Waals surface area contributed by atoms with Crippen molar-refractivity contribution in [3.8, 4) is 0 Å². The molecule has 1 aromatic rings. The Bertz CT molecular complexity index is 461. The minimum absolute atomic E-state index is 0.277. The van der Waals surface area contributed by atoms with Gasteiger partial charge < -0.3 is 5.73 Å². The molecule has 0 aliphatic carbocycles. The van der Waals surface area contributed by atoms with Gasteiger partial charge in [0.15, 0.2) is 0 Å². The molecule has 0 spiro atoms. The molecule has 104 valence electrons. The van der Waals surface area contributed by atoms with Crippen LogP contribution in [-0.2, 0) is 6.54 Å². The van der Waals surface area contributed by atoms with Gasteiger partial charge in [0.1, 0.15) is 10.8 Å². The Hall–Kier alpha value is -1.00. The summed E-state index contributed by atoms with van der Waals surface area (Å²) in [4.78, 5) is 2.75. The van der Waals surface area contributed by atoms with E-state index < -0.39 is 0 Å². The summed E-state index contributed by atoms with van der Waals surface area (Å²) in [5, 5.41) is 0. The molecule has 1 aromatic carbocycles. The average Bonchev–Trinajstić information content (AvgIpc) is 2.41. The average molecular weight is 280 g/mol. The van der Waals surface area contributed by atoms with Gasteiger partial charge in [0, 0.05) is 18.2 Å². The number of hydrogen-bond acceptors (Lipinski definition) is 2. The predicted molar refractivity (Wildman–Crippen MR) is 80.6 cm³/mol. The first-order chi connectivity index (χ1) is 9.11. The van der Waals surface area contributed by atoms with Crippen LogP contribution in [0.3, 0.4) is 0 Å². The highest BCUT2D eigenvalue weighted by Crippen LogP contribution is 2.23. The van der Waals surface area contributed by atoms with Crippen molar-refractivity contribution < 1.29 is 4.39 Å². The van der Waals surface area contributed by atoms with Gasteiger partial charge >= 0.3 is 0 Å². The number of halogens is 1.